The van der Waals surface area contributed by atoms with Crippen LogP contribution < -0.4 is 11.3 Å². The zero-order chi connectivity index (χ0) is 10.8. The molecule has 6 heteroatoms. The van der Waals surface area contributed by atoms with E-state index in [1.165, 1.54) is 0 Å². The van der Waals surface area contributed by atoms with Crippen molar-refractivity contribution in [3.05, 3.63) is 35.1 Å². The second kappa shape index (κ2) is 3.93. The number of hydrogen-bond acceptors (Lipinski definition) is 2. The first kappa shape index (κ1) is 10.9. The fourth-order valence-electron chi connectivity index (χ4n) is 0.977. The normalized spacial score (nSPS) is 11.8. The van der Waals surface area contributed by atoms with Gasteiger partial charge in [0, 0.05) is 12.1 Å². The Labute approximate surface area is 77.7 Å². The number of rotatable bonds is 2. The summed E-state index contributed by atoms with van der Waals surface area (Å²) in [6, 6.07) is 2.32. The summed E-state index contributed by atoms with van der Waals surface area (Å²) >= 11 is 0. The maximum absolute atomic E-state index is 13.0. The van der Waals surface area contributed by atoms with Crippen LogP contribution in [0.25, 0.3) is 0 Å². The van der Waals surface area contributed by atoms with Crippen LogP contribution >= 0.6 is 0 Å². The molecule has 0 unspecified atom stereocenters. The summed E-state index contributed by atoms with van der Waals surface area (Å²) in [5.41, 5.74) is 1.26. The fraction of sp³-hybridized carbons (Fsp3) is 0.250. The molecule has 1 aromatic carbocycles. The summed E-state index contributed by atoms with van der Waals surface area (Å²) < 4.78 is 49.2. The van der Waals surface area contributed by atoms with Crippen LogP contribution in [-0.4, -0.2) is 0 Å². The average molecular weight is 208 g/mol. The molecule has 0 fully saturated rings. The molecule has 0 saturated carbocycles. The van der Waals surface area contributed by atoms with Crippen LogP contribution in [0.15, 0.2) is 18.2 Å². The van der Waals surface area contributed by atoms with Gasteiger partial charge in [-0.25, -0.2) is 4.39 Å². The minimum absolute atomic E-state index is 0.00995. The van der Waals surface area contributed by atoms with Gasteiger partial charge in [-0.3, -0.25) is 11.3 Å². The van der Waals surface area contributed by atoms with E-state index in [1.807, 2.05) is 0 Å². The molecule has 0 aliphatic heterocycles. The maximum Gasteiger partial charge on any atom is 0.416 e. The van der Waals surface area contributed by atoms with Gasteiger partial charge in [-0.2, -0.15) is 13.2 Å². The Bertz CT molecular complexity index is 322. The summed E-state index contributed by atoms with van der Waals surface area (Å²) in [6.45, 7) is -0.00995. The van der Waals surface area contributed by atoms with E-state index in [2.05, 4.69) is 5.43 Å². The lowest BCUT2D eigenvalue weighted by atomic mass is 10.1. The van der Waals surface area contributed by atoms with E-state index in [0.717, 1.165) is 12.1 Å². The standard InChI is InChI=1S/C8H8F4N2/c9-7-3-6(8(10,11)12)2-1-5(7)4-14-13/h1-3,14H,4,13H2. The number of nitrogens with two attached hydrogens (primary N) is 1. The van der Waals surface area contributed by atoms with Gasteiger partial charge >= 0.3 is 6.18 Å². The first-order valence-electron chi connectivity index (χ1n) is 3.74. The largest absolute Gasteiger partial charge is 0.416 e. The highest BCUT2D eigenvalue weighted by molar-refractivity contribution is 5.26. The molecule has 1 aromatic rings. The van der Waals surface area contributed by atoms with Crippen molar-refractivity contribution in [2.45, 2.75) is 12.7 Å². The lowest BCUT2D eigenvalue weighted by Crippen LogP contribution is -2.21. The third kappa shape index (κ3) is 2.43. The second-order valence-electron chi connectivity index (χ2n) is 2.68. The Kier molecular flexibility index (Phi) is 3.07. The molecule has 0 amide bonds. The van der Waals surface area contributed by atoms with E-state index < -0.39 is 17.6 Å². The summed E-state index contributed by atoms with van der Waals surface area (Å²) in [5, 5.41) is 0. The lowest BCUT2D eigenvalue weighted by molar-refractivity contribution is -0.137. The molecule has 3 N–H and O–H groups in total. The third-order valence-electron chi connectivity index (χ3n) is 1.67. The molecule has 0 aromatic heterocycles. The van der Waals surface area contributed by atoms with Crippen molar-refractivity contribution in [3.63, 3.8) is 0 Å². The highest BCUT2D eigenvalue weighted by Gasteiger charge is 2.30. The number of hydrazine groups is 1. The van der Waals surface area contributed by atoms with Gasteiger partial charge in [-0.05, 0) is 12.1 Å². The summed E-state index contributed by atoms with van der Waals surface area (Å²) in [5.74, 6) is 4.00. The van der Waals surface area contributed by atoms with E-state index >= 15 is 0 Å². The van der Waals surface area contributed by atoms with Crippen molar-refractivity contribution in [1.29, 1.82) is 0 Å². The zero-order valence-corrected chi connectivity index (χ0v) is 7.03. The molecule has 0 atom stereocenters. The van der Waals surface area contributed by atoms with E-state index in [-0.39, 0.29) is 12.1 Å². The Morgan fingerprint density at radius 2 is 1.93 bits per heavy atom. The SMILES string of the molecule is NNCc1ccc(C(F)(F)F)cc1F. The maximum atomic E-state index is 13.0. The van der Waals surface area contributed by atoms with Gasteiger partial charge in [0.2, 0.25) is 0 Å². The molecule has 0 saturated heterocycles. The van der Waals surface area contributed by atoms with E-state index in [9.17, 15) is 17.6 Å². The predicted molar refractivity (Wildman–Crippen MR) is 42.4 cm³/mol. The van der Waals surface area contributed by atoms with Crippen LogP contribution in [0.3, 0.4) is 0 Å². The van der Waals surface area contributed by atoms with Gasteiger partial charge in [0.15, 0.2) is 0 Å². The van der Waals surface area contributed by atoms with Gasteiger partial charge in [-0.1, -0.05) is 6.07 Å². The van der Waals surface area contributed by atoms with Crippen LogP contribution in [0.1, 0.15) is 11.1 Å². The molecule has 0 bridgehead atoms. The second-order valence-corrected chi connectivity index (χ2v) is 2.68. The number of hydrogen-bond donors (Lipinski definition) is 2. The Morgan fingerprint density at radius 3 is 2.36 bits per heavy atom. The van der Waals surface area contributed by atoms with Gasteiger partial charge in [0.25, 0.3) is 0 Å². The Balaban J connectivity index is 3.01. The lowest BCUT2D eigenvalue weighted by Gasteiger charge is -2.08. The minimum Gasteiger partial charge on any atom is -0.271 e. The molecule has 78 valence electrons. The number of halogens is 4. The first-order valence-corrected chi connectivity index (χ1v) is 3.74. The summed E-state index contributed by atoms with van der Waals surface area (Å²) in [6.07, 6.45) is -4.52. The highest BCUT2D eigenvalue weighted by Crippen LogP contribution is 2.30. The van der Waals surface area contributed by atoms with E-state index in [4.69, 9.17) is 5.84 Å². The topological polar surface area (TPSA) is 38.0 Å². The number of benzene rings is 1. The summed E-state index contributed by atoms with van der Waals surface area (Å²) in [4.78, 5) is 0. The Morgan fingerprint density at radius 1 is 1.29 bits per heavy atom. The number of nitrogens with one attached hydrogen (secondary N) is 1. The monoisotopic (exact) mass is 208 g/mol. The minimum atomic E-state index is -4.52. The highest BCUT2D eigenvalue weighted by atomic mass is 19.4. The molecule has 0 spiro atoms. The van der Waals surface area contributed by atoms with Crippen LogP contribution in [0, 0.1) is 5.82 Å². The molecule has 0 heterocycles. The molecular weight excluding hydrogens is 200 g/mol. The van der Waals surface area contributed by atoms with Gasteiger partial charge in [0.1, 0.15) is 5.82 Å². The third-order valence-corrected chi connectivity index (χ3v) is 1.67. The van der Waals surface area contributed by atoms with Crippen LogP contribution in [0.4, 0.5) is 17.6 Å². The Hall–Kier alpha value is -1.14. The molecule has 0 aliphatic carbocycles. The van der Waals surface area contributed by atoms with E-state index in [0.29, 0.717) is 6.07 Å². The van der Waals surface area contributed by atoms with Crippen LogP contribution in [0.2, 0.25) is 0 Å². The average Bonchev–Trinajstić information content (AvgIpc) is 2.07. The quantitative estimate of drug-likeness (QED) is 0.442. The molecule has 14 heavy (non-hydrogen) atoms. The van der Waals surface area contributed by atoms with Crippen LogP contribution in [0.5, 0.6) is 0 Å². The molecular formula is C8H8F4N2. The predicted octanol–water partition coefficient (Wildman–Crippen LogP) is 1.81. The van der Waals surface area contributed by atoms with Crippen LogP contribution in [-0.2, 0) is 12.7 Å². The molecule has 0 aliphatic rings. The molecule has 2 nitrogen and oxygen atoms in total. The number of alkyl halides is 3. The first-order chi connectivity index (χ1) is 6.45. The van der Waals surface area contributed by atoms with Gasteiger partial charge < -0.3 is 0 Å². The van der Waals surface area contributed by atoms with Crippen molar-refractivity contribution in [3.8, 4) is 0 Å². The zero-order valence-electron chi connectivity index (χ0n) is 7.03. The summed E-state index contributed by atoms with van der Waals surface area (Å²) in [7, 11) is 0. The van der Waals surface area contributed by atoms with Crippen molar-refractivity contribution in [2.24, 2.45) is 5.84 Å². The van der Waals surface area contributed by atoms with Crippen molar-refractivity contribution < 1.29 is 17.6 Å². The van der Waals surface area contributed by atoms with Gasteiger partial charge in [-0.15, -0.1) is 0 Å². The molecule has 1 rings (SSSR count). The molecule has 0 radical (unpaired) electrons. The van der Waals surface area contributed by atoms with Crippen molar-refractivity contribution >= 4 is 0 Å². The van der Waals surface area contributed by atoms with E-state index in [1.54, 1.807) is 0 Å². The smallest absolute Gasteiger partial charge is 0.271 e. The van der Waals surface area contributed by atoms with Crippen molar-refractivity contribution in [1.82, 2.24) is 5.43 Å². The van der Waals surface area contributed by atoms with Crippen molar-refractivity contribution in [2.75, 3.05) is 0 Å². The fourth-order valence-corrected chi connectivity index (χ4v) is 0.977. The van der Waals surface area contributed by atoms with Gasteiger partial charge in [0.05, 0.1) is 5.56 Å².